The fraction of sp³-hybridized carbons (Fsp3) is 0.188. The molecule has 39 heavy (non-hydrogen) atoms. The summed E-state index contributed by atoms with van der Waals surface area (Å²) in [6.07, 6.45) is 0. The summed E-state index contributed by atoms with van der Waals surface area (Å²) >= 11 is 3.48. The van der Waals surface area contributed by atoms with E-state index < -0.39 is 0 Å². The summed E-state index contributed by atoms with van der Waals surface area (Å²) in [5, 5.41) is 0. The van der Waals surface area contributed by atoms with E-state index >= 15 is 0 Å². The Morgan fingerprint density at radius 2 is 1.08 bits per heavy atom. The lowest BCUT2D eigenvalue weighted by Gasteiger charge is -2.10. The third kappa shape index (κ3) is 7.27. The molecule has 0 aliphatic rings. The first-order valence-corrected chi connectivity index (χ1v) is 12.9. The molecule has 0 aromatic heterocycles. The van der Waals surface area contributed by atoms with Gasteiger partial charge in [0.05, 0.1) is 44.0 Å². The van der Waals surface area contributed by atoms with Gasteiger partial charge in [0.15, 0.2) is 0 Å². The van der Waals surface area contributed by atoms with Crippen LogP contribution in [0.5, 0.6) is 11.5 Å². The predicted molar refractivity (Wildman–Crippen MR) is 157 cm³/mol. The summed E-state index contributed by atoms with van der Waals surface area (Å²) in [4.78, 5) is 23.0. The van der Waals surface area contributed by atoms with Crippen molar-refractivity contribution in [3.8, 4) is 33.8 Å². The molecule has 0 saturated heterocycles. The molecule has 0 atom stereocenters. The second kappa shape index (κ2) is 13.6. The SMILES string of the molecule is COC(=O)c1ccc(-c2ccc(OC)c(Br)c2)c(C)c1.COC(=O)c1ccc(-c2ccc(OC)cc2)c(C)c1. The van der Waals surface area contributed by atoms with Gasteiger partial charge in [-0.15, -0.1) is 0 Å². The first-order valence-electron chi connectivity index (χ1n) is 12.1. The summed E-state index contributed by atoms with van der Waals surface area (Å²) in [7, 11) is 6.04. The predicted octanol–water partition coefficient (Wildman–Crippen LogP) is 7.68. The summed E-state index contributed by atoms with van der Waals surface area (Å²) < 4.78 is 20.7. The van der Waals surface area contributed by atoms with Crippen LogP contribution in [0.4, 0.5) is 0 Å². The molecule has 0 aliphatic heterocycles. The maximum atomic E-state index is 11.5. The van der Waals surface area contributed by atoms with E-state index in [0.717, 1.165) is 49.4 Å². The van der Waals surface area contributed by atoms with E-state index in [1.165, 1.54) is 14.2 Å². The van der Waals surface area contributed by atoms with Crippen LogP contribution in [0, 0.1) is 13.8 Å². The Morgan fingerprint density at radius 3 is 1.49 bits per heavy atom. The van der Waals surface area contributed by atoms with Crippen molar-refractivity contribution in [2.75, 3.05) is 28.4 Å². The first kappa shape index (κ1) is 29.5. The van der Waals surface area contributed by atoms with E-state index in [4.69, 9.17) is 18.9 Å². The number of hydrogen-bond donors (Lipinski definition) is 0. The molecule has 0 unspecified atom stereocenters. The fourth-order valence-electron chi connectivity index (χ4n) is 4.07. The number of halogens is 1. The van der Waals surface area contributed by atoms with Crippen molar-refractivity contribution in [3.63, 3.8) is 0 Å². The maximum Gasteiger partial charge on any atom is 0.337 e. The van der Waals surface area contributed by atoms with Gasteiger partial charge in [0.25, 0.3) is 0 Å². The van der Waals surface area contributed by atoms with Crippen LogP contribution in [-0.4, -0.2) is 40.4 Å². The smallest absolute Gasteiger partial charge is 0.337 e. The number of carbonyl (C=O) groups excluding carboxylic acids is 2. The van der Waals surface area contributed by atoms with Crippen LogP contribution < -0.4 is 9.47 Å². The van der Waals surface area contributed by atoms with Crippen LogP contribution in [-0.2, 0) is 9.47 Å². The summed E-state index contributed by atoms with van der Waals surface area (Å²) in [6, 6.07) is 24.8. The monoisotopic (exact) mass is 590 g/mol. The lowest BCUT2D eigenvalue weighted by molar-refractivity contribution is 0.0592. The number of carbonyl (C=O) groups is 2. The highest BCUT2D eigenvalue weighted by Gasteiger charge is 2.11. The molecule has 0 fully saturated rings. The second-order valence-electron chi connectivity index (χ2n) is 8.62. The molecule has 0 spiro atoms. The molecule has 0 saturated carbocycles. The normalized spacial score (nSPS) is 10.1. The molecule has 0 heterocycles. The maximum absolute atomic E-state index is 11.5. The van der Waals surface area contributed by atoms with Gasteiger partial charge in [0, 0.05) is 0 Å². The Hall–Kier alpha value is -4.10. The van der Waals surface area contributed by atoms with Gasteiger partial charge in [-0.05, 0) is 112 Å². The van der Waals surface area contributed by atoms with Gasteiger partial charge in [0.1, 0.15) is 11.5 Å². The van der Waals surface area contributed by atoms with Crippen LogP contribution >= 0.6 is 15.9 Å². The Labute approximate surface area is 237 Å². The summed E-state index contributed by atoms with van der Waals surface area (Å²) in [5.74, 6) is 0.977. The van der Waals surface area contributed by atoms with E-state index in [9.17, 15) is 9.59 Å². The molecule has 4 aromatic rings. The largest absolute Gasteiger partial charge is 0.497 e. The molecule has 0 bridgehead atoms. The average molecular weight is 591 g/mol. The van der Waals surface area contributed by atoms with Gasteiger partial charge in [-0.3, -0.25) is 0 Å². The number of aryl methyl sites for hydroxylation is 2. The molecular formula is C32H31BrO6. The number of rotatable bonds is 6. The lowest BCUT2D eigenvalue weighted by atomic mass is 9.98. The molecule has 6 nitrogen and oxygen atoms in total. The van der Waals surface area contributed by atoms with E-state index in [1.807, 2.05) is 80.6 Å². The number of esters is 2. The molecule has 0 radical (unpaired) electrons. The number of benzene rings is 4. The zero-order valence-electron chi connectivity index (χ0n) is 22.8. The van der Waals surface area contributed by atoms with Gasteiger partial charge >= 0.3 is 11.9 Å². The quantitative estimate of drug-likeness (QED) is 0.214. The average Bonchev–Trinajstić information content (AvgIpc) is 2.96. The summed E-state index contributed by atoms with van der Waals surface area (Å²) in [5.41, 5.74) is 7.49. The lowest BCUT2D eigenvalue weighted by Crippen LogP contribution is -2.01. The molecule has 0 aliphatic carbocycles. The van der Waals surface area contributed by atoms with Crippen molar-refractivity contribution in [2.24, 2.45) is 0 Å². The molecule has 4 aromatic carbocycles. The minimum Gasteiger partial charge on any atom is -0.497 e. The van der Waals surface area contributed by atoms with E-state index in [2.05, 4.69) is 15.9 Å². The minimum absolute atomic E-state index is 0.315. The number of ether oxygens (including phenoxy) is 4. The van der Waals surface area contributed by atoms with Crippen molar-refractivity contribution >= 4 is 27.9 Å². The van der Waals surface area contributed by atoms with Gasteiger partial charge in [-0.1, -0.05) is 30.3 Å². The Morgan fingerprint density at radius 1 is 0.590 bits per heavy atom. The van der Waals surface area contributed by atoms with Crippen LogP contribution in [0.1, 0.15) is 31.8 Å². The van der Waals surface area contributed by atoms with Gasteiger partial charge in [0.2, 0.25) is 0 Å². The summed E-state index contributed by atoms with van der Waals surface area (Å²) in [6.45, 7) is 3.95. The van der Waals surface area contributed by atoms with Crippen molar-refractivity contribution in [1.29, 1.82) is 0 Å². The van der Waals surface area contributed by atoms with Crippen LogP contribution in [0.25, 0.3) is 22.3 Å². The molecule has 7 heteroatoms. The van der Waals surface area contributed by atoms with Crippen LogP contribution in [0.15, 0.2) is 83.3 Å². The van der Waals surface area contributed by atoms with Crippen molar-refractivity contribution < 1.29 is 28.5 Å². The third-order valence-corrected chi connectivity index (χ3v) is 6.78. The van der Waals surface area contributed by atoms with Crippen molar-refractivity contribution in [1.82, 2.24) is 0 Å². The van der Waals surface area contributed by atoms with Gasteiger partial charge < -0.3 is 18.9 Å². The number of methoxy groups -OCH3 is 4. The Balaban J connectivity index is 0.000000216. The van der Waals surface area contributed by atoms with E-state index in [0.29, 0.717) is 11.1 Å². The minimum atomic E-state index is -0.324. The Bertz CT molecular complexity index is 1460. The Kier molecular flexibility index (Phi) is 10.3. The van der Waals surface area contributed by atoms with Crippen LogP contribution in [0.2, 0.25) is 0 Å². The van der Waals surface area contributed by atoms with Gasteiger partial charge in [-0.2, -0.15) is 0 Å². The topological polar surface area (TPSA) is 71.1 Å². The van der Waals surface area contributed by atoms with Crippen molar-refractivity contribution in [2.45, 2.75) is 13.8 Å². The standard InChI is InChI=1S/C16H15BrO3.C16H16O3/c1-10-8-12(16(18)20-3)4-6-13(10)11-5-7-15(19-2)14(17)9-11;1-11-10-13(16(17)19-3)6-9-15(11)12-4-7-14(18-2)8-5-12/h4-9H,1-3H3;4-10H,1-3H3. The molecule has 4 rings (SSSR count). The zero-order valence-corrected chi connectivity index (χ0v) is 24.4. The van der Waals surface area contributed by atoms with Crippen molar-refractivity contribution in [3.05, 3.63) is 106 Å². The number of hydrogen-bond acceptors (Lipinski definition) is 6. The van der Waals surface area contributed by atoms with E-state index in [-0.39, 0.29) is 11.9 Å². The molecular weight excluding hydrogens is 560 g/mol. The molecule has 0 N–H and O–H groups in total. The molecule has 202 valence electrons. The second-order valence-corrected chi connectivity index (χ2v) is 9.47. The fourth-order valence-corrected chi connectivity index (χ4v) is 4.61. The van der Waals surface area contributed by atoms with Crippen LogP contribution in [0.3, 0.4) is 0 Å². The van der Waals surface area contributed by atoms with Gasteiger partial charge in [-0.25, -0.2) is 9.59 Å². The highest BCUT2D eigenvalue weighted by atomic mass is 79.9. The molecule has 0 amide bonds. The third-order valence-electron chi connectivity index (χ3n) is 6.16. The first-order chi connectivity index (χ1) is 18.7. The van der Waals surface area contributed by atoms with E-state index in [1.54, 1.807) is 26.4 Å². The highest BCUT2D eigenvalue weighted by molar-refractivity contribution is 9.10. The zero-order chi connectivity index (χ0) is 28.5. The highest BCUT2D eigenvalue weighted by Crippen LogP contribution is 2.32.